The molecule has 0 radical (unpaired) electrons. The molecule has 6 atom stereocenters. The Labute approximate surface area is 213 Å². The van der Waals surface area contributed by atoms with Gasteiger partial charge in [-0.25, -0.2) is 0 Å². The topological polar surface area (TPSA) is 20.3 Å². The first-order chi connectivity index (χ1) is 16.8. The molecule has 3 aliphatic rings. The molecule has 3 aliphatic carbocycles. The van der Waals surface area contributed by atoms with E-state index in [2.05, 4.69) is 87.2 Å². The summed E-state index contributed by atoms with van der Waals surface area (Å²) in [4.78, 5) is 16.7. The van der Waals surface area contributed by atoms with Gasteiger partial charge in [-0.05, 0) is 97.6 Å². The Morgan fingerprint density at radius 2 is 1.60 bits per heavy atom. The van der Waals surface area contributed by atoms with Crippen LogP contribution in [0, 0.1) is 40.4 Å². The van der Waals surface area contributed by atoms with Gasteiger partial charge in [-0.1, -0.05) is 82.6 Å². The molecule has 0 bridgehead atoms. The monoisotopic (exact) mass is 471 g/mol. The van der Waals surface area contributed by atoms with Gasteiger partial charge in [-0.2, -0.15) is 0 Å². The van der Waals surface area contributed by atoms with Crippen LogP contribution < -0.4 is 4.90 Å². The van der Waals surface area contributed by atoms with Crippen LogP contribution in [0.15, 0.2) is 60.7 Å². The molecular formula is C33H45NO. The molecule has 0 saturated heterocycles. The van der Waals surface area contributed by atoms with Crippen LogP contribution in [0.5, 0.6) is 0 Å². The Morgan fingerprint density at radius 3 is 2.29 bits per heavy atom. The van der Waals surface area contributed by atoms with Crippen molar-refractivity contribution in [1.29, 1.82) is 0 Å². The lowest BCUT2D eigenvalue weighted by molar-refractivity contribution is -0.154. The summed E-state index contributed by atoms with van der Waals surface area (Å²) in [6.07, 6.45) is 10.2. The number of carbonyl (C=O) groups excluding carboxylic acids is 1. The number of amides is 1. The molecule has 0 aromatic heterocycles. The van der Waals surface area contributed by atoms with Crippen molar-refractivity contribution in [2.75, 3.05) is 4.90 Å². The number of para-hydroxylation sites is 1. The second-order valence-electron chi connectivity index (χ2n) is 12.8. The zero-order valence-corrected chi connectivity index (χ0v) is 22.4. The van der Waals surface area contributed by atoms with E-state index in [-0.39, 0.29) is 5.41 Å². The molecule has 0 spiro atoms. The number of carbonyl (C=O) groups is 1. The zero-order chi connectivity index (χ0) is 24.6. The fraction of sp³-hybridized carbons (Fsp3) is 0.606. The normalized spacial score (nSPS) is 34.7. The van der Waals surface area contributed by atoms with E-state index in [0.29, 0.717) is 23.8 Å². The first-order valence-corrected chi connectivity index (χ1v) is 14.2. The van der Waals surface area contributed by atoms with E-state index in [1.165, 1.54) is 50.5 Å². The van der Waals surface area contributed by atoms with Gasteiger partial charge in [0.2, 0.25) is 5.91 Å². The van der Waals surface area contributed by atoms with Crippen molar-refractivity contribution in [2.45, 2.75) is 85.6 Å². The number of hydrogen-bond acceptors (Lipinski definition) is 1. The van der Waals surface area contributed by atoms with Gasteiger partial charge in [0.1, 0.15) is 0 Å². The summed E-state index contributed by atoms with van der Waals surface area (Å²) in [5.74, 6) is 4.18. The molecule has 1 amide bonds. The van der Waals surface area contributed by atoms with Gasteiger partial charge in [0, 0.05) is 5.69 Å². The largest absolute Gasteiger partial charge is 0.308 e. The molecule has 3 saturated carbocycles. The minimum absolute atomic E-state index is 0.294. The molecule has 188 valence electrons. The second-order valence-corrected chi connectivity index (χ2v) is 12.8. The van der Waals surface area contributed by atoms with E-state index in [0.717, 1.165) is 35.8 Å². The highest BCUT2D eigenvalue weighted by Gasteiger charge is 2.59. The number of anilines is 1. The predicted octanol–water partition coefficient (Wildman–Crippen LogP) is 8.51. The first-order valence-electron chi connectivity index (χ1n) is 14.2. The number of fused-ring (bicyclic) bond motifs is 3. The van der Waals surface area contributed by atoms with Gasteiger partial charge in [0.25, 0.3) is 0 Å². The summed E-state index contributed by atoms with van der Waals surface area (Å²) in [6, 6.07) is 20.9. The first kappa shape index (κ1) is 24.6. The fourth-order valence-corrected chi connectivity index (χ4v) is 8.70. The molecule has 2 nitrogen and oxygen atoms in total. The second kappa shape index (κ2) is 9.75. The van der Waals surface area contributed by atoms with E-state index in [9.17, 15) is 4.79 Å². The van der Waals surface area contributed by atoms with Crippen molar-refractivity contribution < 1.29 is 4.79 Å². The molecule has 0 N–H and O–H groups in total. The summed E-state index contributed by atoms with van der Waals surface area (Å²) in [5.41, 5.74) is 2.23. The van der Waals surface area contributed by atoms with Crippen molar-refractivity contribution in [3.05, 3.63) is 66.2 Å². The lowest BCUT2D eigenvalue weighted by Gasteiger charge is -2.61. The fourth-order valence-electron chi connectivity index (χ4n) is 8.70. The van der Waals surface area contributed by atoms with Gasteiger partial charge >= 0.3 is 0 Å². The summed E-state index contributed by atoms with van der Waals surface area (Å²) < 4.78 is 0. The highest BCUT2D eigenvalue weighted by Crippen LogP contribution is 2.65. The highest BCUT2D eigenvalue weighted by atomic mass is 16.2. The van der Waals surface area contributed by atoms with Crippen molar-refractivity contribution >= 4 is 11.6 Å². The Balaban J connectivity index is 1.45. The van der Waals surface area contributed by atoms with Crippen LogP contribution in [-0.4, -0.2) is 5.91 Å². The average Bonchev–Trinajstić information content (AvgIpc) is 2.87. The third kappa shape index (κ3) is 4.47. The van der Waals surface area contributed by atoms with Crippen LogP contribution in [0.4, 0.5) is 5.69 Å². The van der Waals surface area contributed by atoms with E-state index in [1.54, 1.807) is 0 Å². The summed E-state index contributed by atoms with van der Waals surface area (Å²) in [5, 5.41) is 0. The lowest BCUT2D eigenvalue weighted by Crippen LogP contribution is -2.58. The maximum Gasteiger partial charge on any atom is 0.233 e. The number of rotatable bonds is 5. The van der Waals surface area contributed by atoms with Crippen LogP contribution in [0.25, 0.3) is 0 Å². The quantitative estimate of drug-likeness (QED) is 0.428. The molecular weight excluding hydrogens is 426 g/mol. The summed E-state index contributed by atoms with van der Waals surface area (Å²) in [7, 11) is 0. The van der Waals surface area contributed by atoms with Crippen LogP contribution in [-0.2, 0) is 11.3 Å². The third-order valence-electron chi connectivity index (χ3n) is 10.6. The Kier molecular flexibility index (Phi) is 6.85. The van der Waals surface area contributed by atoms with E-state index in [1.807, 2.05) is 6.07 Å². The molecule has 2 heteroatoms. The SMILES string of the molecule is CC(C)C1CC[C@H]2C(CCC3[C@](C)(C(=O)N(Cc4ccccc4)c4ccccc4)CCC[C@@]32C)C1. The molecule has 5 rings (SSSR count). The molecule has 3 fully saturated rings. The Morgan fingerprint density at radius 1 is 0.914 bits per heavy atom. The van der Waals surface area contributed by atoms with Gasteiger partial charge < -0.3 is 4.90 Å². The van der Waals surface area contributed by atoms with Crippen LogP contribution in [0.2, 0.25) is 0 Å². The number of hydrogen-bond donors (Lipinski definition) is 0. The van der Waals surface area contributed by atoms with Crippen molar-refractivity contribution in [3.63, 3.8) is 0 Å². The van der Waals surface area contributed by atoms with Crippen molar-refractivity contribution in [2.24, 2.45) is 40.4 Å². The van der Waals surface area contributed by atoms with Crippen LogP contribution in [0.1, 0.15) is 84.6 Å². The molecule has 35 heavy (non-hydrogen) atoms. The zero-order valence-electron chi connectivity index (χ0n) is 22.4. The van der Waals surface area contributed by atoms with Crippen molar-refractivity contribution in [1.82, 2.24) is 0 Å². The molecule has 2 aromatic rings. The Hall–Kier alpha value is -2.09. The van der Waals surface area contributed by atoms with Crippen LogP contribution >= 0.6 is 0 Å². The highest BCUT2D eigenvalue weighted by molar-refractivity contribution is 5.97. The Bertz CT molecular complexity index is 1000. The number of benzene rings is 2. The predicted molar refractivity (Wildman–Crippen MR) is 146 cm³/mol. The van der Waals surface area contributed by atoms with E-state index in [4.69, 9.17) is 0 Å². The van der Waals surface area contributed by atoms with Gasteiger partial charge in [0.15, 0.2) is 0 Å². The minimum atomic E-state index is -0.294. The molecule has 2 aromatic carbocycles. The number of nitrogens with zero attached hydrogens (tertiary/aromatic N) is 1. The molecule has 0 aliphatic heterocycles. The lowest BCUT2D eigenvalue weighted by atomic mass is 9.43. The standard InChI is InChI=1S/C33H45NO/c1-24(2)26-16-18-29-27(22-26)17-19-30-32(29,3)20-11-21-33(30,4)31(35)34(28-14-9-6-10-15-28)23-25-12-7-5-8-13-25/h5-10,12-15,24,26-27,29-30H,11,16-23H2,1-4H3/t26?,27?,29-,30?,32+,33+/m0/s1. The maximum absolute atomic E-state index is 14.6. The van der Waals surface area contributed by atoms with Gasteiger partial charge in [0.05, 0.1) is 12.0 Å². The summed E-state index contributed by atoms with van der Waals surface area (Å²) >= 11 is 0. The van der Waals surface area contributed by atoms with E-state index < -0.39 is 0 Å². The summed E-state index contributed by atoms with van der Waals surface area (Å²) in [6.45, 7) is 10.4. The minimum Gasteiger partial charge on any atom is -0.308 e. The molecule has 3 unspecified atom stereocenters. The average molecular weight is 472 g/mol. The third-order valence-corrected chi connectivity index (χ3v) is 10.6. The van der Waals surface area contributed by atoms with Gasteiger partial charge in [-0.3, -0.25) is 4.79 Å². The maximum atomic E-state index is 14.6. The van der Waals surface area contributed by atoms with E-state index >= 15 is 0 Å². The molecule has 0 heterocycles. The van der Waals surface area contributed by atoms with Gasteiger partial charge in [-0.15, -0.1) is 0 Å². The smallest absolute Gasteiger partial charge is 0.233 e. The van der Waals surface area contributed by atoms with Crippen molar-refractivity contribution in [3.8, 4) is 0 Å². The van der Waals surface area contributed by atoms with Crippen LogP contribution in [0.3, 0.4) is 0 Å².